The number of urea groups is 1. The molecule has 0 radical (unpaired) electrons. The number of aliphatic hydroxyl groups excluding tert-OH is 2. The second-order valence-electron chi connectivity index (χ2n) is 16.4. The topological polar surface area (TPSA) is 212 Å². The first-order valence-electron chi connectivity index (χ1n) is 22.5. The van der Waals surface area contributed by atoms with Crippen LogP contribution in [-0.4, -0.2) is 168 Å². The lowest BCUT2D eigenvalue weighted by Gasteiger charge is -2.27. The molecule has 360 valence electrons. The Balaban J connectivity index is 0.000000187. The van der Waals surface area contributed by atoms with Crippen LogP contribution in [0, 0.1) is 12.8 Å². The maximum Gasteiger partial charge on any atom is 0.321 e. The number of aryl methyl sites for hydroxylation is 1. The Bertz CT molecular complexity index is 2140. The van der Waals surface area contributed by atoms with Crippen LogP contribution >= 0.6 is 34.8 Å². The number of nitrogens with zero attached hydrogens (tertiary/aromatic N) is 10. The minimum Gasteiger partial charge on any atom is -0.392 e. The lowest BCUT2D eigenvalue weighted by molar-refractivity contribution is 0.122. The molecule has 4 fully saturated rings. The number of amides is 2. The van der Waals surface area contributed by atoms with Crippen LogP contribution in [0.2, 0.25) is 15.5 Å². The van der Waals surface area contributed by atoms with Crippen molar-refractivity contribution >= 4 is 76.0 Å². The summed E-state index contributed by atoms with van der Waals surface area (Å²) in [5.41, 5.74) is 3.50. The van der Waals surface area contributed by atoms with E-state index >= 15 is 0 Å². The highest BCUT2D eigenvalue weighted by atomic mass is 35.5. The first-order valence-corrected chi connectivity index (χ1v) is 23.6. The van der Waals surface area contributed by atoms with Gasteiger partial charge in [0.15, 0.2) is 0 Å². The van der Waals surface area contributed by atoms with Gasteiger partial charge >= 0.3 is 6.03 Å². The van der Waals surface area contributed by atoms with Crippen molar-refractivity contribution in [3.05, 3.63) is 57.4 Å². The Morgan fingerprint density at radius 3 is 1.64 bits per heavy atom. The molecule has 66 heavy (non-hydrogen) atoms. The number of ether oxygens (including phenoxy) is 3. The number of carbonyl (C=O) groups is 1. The molecule has 0 unspecified atom stereocenters. The third kappa shape index (κ3) is 15.8. The predicted molar refractivity (Wildman–Crippen MR) is 260 cm³/mol. The van der Waals surface area contributed by atoms with Crippen LogP contribution in [-0.2, 0) is 14.2 Å². The summed E-state index contributed by atoms with van der Waals surface area (Å²) in [4.78, 5) is 47.2. The molecule has 4 aliphatic rings. The highest BCUT2D eigenvalue weighted by Crippen LogP contribution is 2.30. The van der Waals surface area contributed by atoms with E-state index in [1.165, 1.54) is 6.07 Å². The number of nitrogens with one attached hydrogen (secondary N) is 3. The molecule has 7 heterocycles. The fourth-order valence-corrected chi connectivity index (χ4v) is 7.88. The van der Waals surface area contributed by atoms with E-state index in [-0.39, 0.29) is 6.03 Å². The monoisotopic (exact) mass is 973 g/mol. The number of anilines is 6. The van der Waals surface area contributed by atoms with E-state index in [4.69, 9.17) is 54.0 Å². The van der Waals surface area contributed by atoms with Gasteiger partial charge in [-0.15, -0.1) is 0 Å². The molecular weight excluding hydrogens is 913 g/mol. The highest BCUT2D eigenvalue weighted by molar-refractivity contribution is 6.33. The first kappa shape index (κ1) is 50.8. The number of hydrogen-bond donors (Lipinski definition) is 5. The van der Waals surface area contributed by atoms with Gasteiger partial charge in [0.05, 0.1) is 57.5 Å². The molecular formula is C44H62Cl3N13O6. The number of likely N-dealkylation sites (tertiary alicyclic amines) is 1. The van der Waals surface area contributed by atoms with Gasteiger partial charge in [-0.05, 0) is 50.8 Å². The summed E-state index contributed by atoms with van der Waals surface area (Å²) in [6.45, 7) is 18.6. The van der Waals surface area contributed by atoms with Crippen LogP contribution in [0.15, 0.2) is 36.4 Å². The molecule has 19 nitrogen and oxygen atoms in total. The van der Waals surface area contributed by atoms with Gasteiger partial charge in [-0.25, -0.2) is 24.7 Å². The van der Waals surface area contributed by atoms with E-state index < -0.39 is 12.2 Å². The zero-order valence-corrected chi connectivity index (χ0v) is 40.3. The van der Waals surface area contributed by atoms with E-state index in [1.54, 1.807) is 19.9 Å². The van der Waals surface area contributed by atoms with Crippen LogP contribution in [0.25, 0.3) is 11.3 Å². The average molecular weight is 975 g/mol. The standard InChI is InChI=1S/C25H36N6O3.C11H17ClN4O2.C8H9Cl2N3O/c1-4-19-7-8-31(16-19)25(33)27-20-6-5-17(2)21(13-20)22-14-23(26-15-18(3)32)29-24(28-22)30-9-11-34-12-10-30;1-8(17)7-13-10-6-9(12)14-11(15-10)16-2-4-18-5-3-16;9-6-5-7(10)12-8(11-6)13-1-3-14-4-2-13/h5-6,13-14,18-19,32H,4,7-12,15-16H2,1-3H3,(H,27,33)(H,26,28,29);6,8,17H,2-5,7H2,1H3,(H,13,14,15);5H,1-4H2/t18-,19+;8-;/m00./s1. The molecule has 4 aliphatic heterocycles. The van der Waals surface area contributed by atoms with Crippen molar-refractivity contribution in [2.75, 3.05) is 136 Å². The molecule has 1 aromatic carbocycles. The zero-order chi connectivity index (χ0) is 47.0. The van der Waals surface area contributed by atoms with Gasteiger partial charge in [-0.3, -0.25) is 0 Å². The molecule has 2 amide bonds. The van der Waals surface area contributed by atoms with Crippen molar-refractivity contribution in [2.24, 2.45) is 5.92 Å². The minimum absolute atomic E-state index is 0.0539. The number of morpholine rings is 3. The Hall–Kier alpha value is -4.60. The van der Waals surface area contributed by atoms with Crippen molar-refractivity contribution in [1.29, 1.82) is 0 Å². The van der Waals surface area contributed by atoms with Gasteiger partial charge in [0.2, 0.25) is 17.8 Å². The largest absolute Gasteiger partial charge is 0.392 e. The molecule has 3 aromatic heterocycles. The second kappa shape index (κ2) is 25.5. The Morgan fingerprint density at radius 1 is 0.682 bits per heavy atom. The van der Waals surface area contributed by atoms with E-state index in [2.05, 4.69) is 52.7 Å². The quantitative estimate of drug-likeness (QED) is 0.107. The molecule has 0 aliphatic carbocycles. The number of hydrogen-bond acceptors (Lipinski definition) is 17. The fraction of sp³-hybridized carbons (Fsp3) is 0.568. The van der Waals surface area contributed by atoms with E-state index in [9.17, 15) is 15.0 Å². The number of aliphatic hydroxyl groups is 2. The SMILES string of the molecule is CC[C@@H]1CCN(C(=O)Nc2ccc(C)c(-c3cc(NC[C@H](C)O)nc(N4CCOCC4)n3)c2)C1.C[C@H](O)CNc1cc(Cl)nc(N2CCOCC2)n1.Clc1cc(Cl)nc(N2CCOCC2)n1. The van der Waals surface area contributed by atoms with E-state index in [0.29, 0.717) is 104 Å². The molecule has 22 heteroatoms. The van der Waals surface area contributed by atoms with Gasteiger partial charge < -0.3 is 60.0 Å². The summed E-state index contributed by atoms with van der Waals surface area (Å²) < 4.78 is 16.0. The zero-order valence-electron chi connectivity index (χ0n) is 38.1. The van der Waals surface area contributed by atoms with Gasteiger partial charge in [0, 0.05) is 94.9 Å². The van der Waals surface area contributed by atoms with Crippen LogP contribution in [0.5, 0.6) is 0 Å². The number of halogens is 3. The fourth-order valence-electron chi connectivity index (χ4n) is 7.29. The Kier molecular flexibility index (Phi) is 19.6. The first-order chi connectivity index (χ1) is 31.8. The third-order valence-corrected chi connectivity index (χ3v) is 11.6. The van der Waals surface area contributed by atoms with Crippen LogP contribution in [0.3, 0.4) is 0 Å². The van der Waals surface area contributed by atoms with Crippen LogP contribution < -0.4 is 30.7 Å². The molecule has 0 spiro atoms. The summed E-state index contributed by atoms with van der Waals surface area (Å²) in [6, 6.07) is 10.9. The van der Waals surface area contributed by atoms with Gasteiger partial charge in [-0.2, -0.15) is 9.97 Å². The molecule has 4 saturated heterocycles. The lowest BCUT2D eigenvalue weighted by atomic mass is 10.0. The maximum absolute atomic E-state index is 12.8. The van der Waals surface area contributed by atoms with Gasteiger partial charge in [-0.1, -0.05) is 54.2 Å². The summed E-state index contributed by atoms with van der Waals surface area (Å²) in [5.74, 6) is 3.67. The molecule has 0 bridgehead atoms. The van der Waals surface area contributed by atoms with Crippen molar-refractivity contribution < 1.29 is 29.2 Å². The summed E-state index contributed by atoms with van der Waals surface area (Å²) in [6.07, 6.45) is 1.23. The molecule has 0 saturated carbocycles. The number of benzene rings is 1. The predicted octanol–water partition coefficient (Wildman–Crippen LogP) is 5.72. The van der Waals surface area contributed by atoms with Crippen molar-refractivity contribution in [1.82, 2.24) is 34.8 Å². The Morgan fingerprint density at radius 2 is 1.15 bits per heavy atom. The van der Waals surface area contributed by atoms with Gasteiger partial charge in [0.25, 0.3) is 0 Å². The van der Waals surface area contributed by atoms with Gasteiger partial charge in [0.1, 0.15) is 27.1 Å². The lowest BCUT2D eigenvalue weighted by Crippen LogP contribution is -2.37. The minimum atomic E-state index is -0.497. The Labute approximate surface area is 401 Å². The van der Waals surface area contributed by atoms with Crippen molar-refractivity contribution in [3.8, 4) is 11.3 Å². The average Bonchev–Trinajstić information content (AvgIpc) is 3.82. The second-order valence-corrected chi connectivity index (χ2v) is 17.5. The van der Waals surface area contributed by atoms with Crippen LogP contribution in [0.1, 0.15) is 39.2 Å². The molecule has 4 aromatic rings. The number of aromatic nitrogens is 6. The smallest absolute Gasteiger partial charge is 0.321 e. The molecule has 8 rings (SSSR count). The van der Waals surface area contributed by atoms with Crippen LogP contribution in [0.4, 0.5) is 40.0 Å². The third-order valence-electron chi connectivity index (χ3n) is 11.0. The highest BCUT2D eigenvalue weighted by Gasteiger charge is 2.25. The number of rotatable bonds is 12. The van der Waals surface area contributed by atoms with E-state index in [1.807, 2.05) is 45.9 Å². The summed E-state index contributed by atoms with van der Waals surface area (Å²) in [7, 11) is 0. The van der Waals surface area contributed by atoms with Crippen molar-refractivity contribution in [2.45, 2.75) is 52.7 Å². The van der Waals surface area contributed by atoms with E-state index in [0.717, 1.165) is 87.7 Å². The maximum atomic E-state index is 12.8. The summed E-state index contributed by atoms with van der Waals surface area (Å²) in [5, 5.41) is 29.4. The number of carbonyl (C=O) groups excluding carboxylic acids is 1. The normalized spacial score (nSPS) is 18.3. The molecule has 3 atom stereocenters. The molecule has 5 N–H and O–H groups in total. The van der Waals surface area contributed by atoms with Crippen molar-refractivity contribution in [3.63, 3.8) is 0 Å². The summed E-state index contributed by atoms with van der Waals surface area (Å²) >= 11 is 17.5.